The Labute approximate surface area is 174 Å². The van der Waals surface area contributed by atoms with Crippen LogP contribution in [0.2, 0.25) is 0 Å². The van der Waals surface area contributed by atoms with Crippen molar-refractivity contribution in [3.8, 4) is 0 Å². The van der Waals surface area contributed by atoms with Gasteiger partial charge in [-0.2, -0.15) is 0 Å². The summed E-state index contributed by atoms with van der Waals surface area (Å²) in [4.78, 5) is 36.4. The fourth-order valence-corrected chi connectivity index (χ4v) is 3.85. The SMILES string of the molecule is CC(O)C1C(=O)N2C(C(=O)[O-])=C(S/C=C/C(=O)NCCBr)CC12.[Na+]. The van der Waals surface area contributed by atoms with Gasteiger partial charge in [0.15, 0.2) is 0 Å². The maximum atomic E-state index is 12.0. The first-order valence-corrected chi connectivity index (χ1v) is 9.01. The number of carbonyl (C=O) groups is 3. The minimum atomic E-state index is -1.43. The number of aliphatic hydroxyl groups excluding tert-OH is 1. The van der Waals surface area contributed by atoms with Crippen molar-refractivity contribution in [3.63, 3.8) is 0 Å². The van der Waals surface area contributed by atoms with Crippen molar-refractivity contribution >= 4 is 45.5 Å². The molecule has 3 unspecified atom stereocenters. The Bertz CT molecular complexity index is 596. The summed E-state index contributed by atoms with van der Waals surface area (Å²) >= 11 is 4.26. The van der Waals surface area contributed by atoms with E-state index in [1.807, 2.05) is 0 Å². The van der Waals surface area contributed by atoms with Gasteiger partial charge in [0, 0.05) is 29.3 Å². The molecule has 2 aliphatic heterocycles. The molecule has 0 aromatic carbocycles. The Kier molecular flexibility index (Phi) is 8.51. The molecule has 0 radical (unpaired) electrons. The van der Waals surface area contributed by atoms with Crippen LogP contribution in [0.25, 0.3) is 0 Å². The summed E-state index contributed by atoms with van der Waals surface area (Å²) in [6, 6.07) is -0.353. The van der Waals surface area contributed by atoms with Gasteiger partial charge in [-0.05, 0) is 12.3 Å². The molecule has 2 amide bonds. The summed E-state index contributed by atoms with van der Waals surface area (Å²) in [6.45, 7) is 2.00. The third kappa shape index (κ3) is 4.44. The maximum Gasteiger partial charge on any atom is 1.00 e. The average molecular weight is 427 g/mol. The van der Waals surface area contributed by atoms with Crippen LogP contribution in [0.5, 0.6) is 0 Å². The number of fused-ring (bicyclic) bond motifs is 1. The number of aliphatic carboxylic acids is 1. The van der Waals surface area contributed by atoms with Gasteiger partial charge in [-0.1, -0.05) is 15.9 Å². The predicted molar refractivity (Wildman–Crippen MR) is 86.0 cm³/mol. The smallest absolute Gasteiger partial charge is 0.543 e. The van der Waals surface area contributed by atoms with E-state index in [0.717, 1.165) is 11.8 Å². The first-order valence-electron chi connectivity index (χ1n) is 7.01. The molecule has 2 aliphatic rings. The fourth-order valence-electron chi connectivity index (χ4n) is 2.73. The van der Waals surface area contributed by atoms with Gasteiger partial charge in [0.2, 0.25) is 11.8 Å². The molecule has 1 fully saturated rings. The zero-order valence-corrected chi connectivity index (χ0v) is 17.7. The van der Waals surface area contributed by atoms with E-state index in [1.165, 1.54) is 23.3 Å². The Morgan fingerprint density at radius 2 is 2.25 bits per heavy atom. The van der Waals surface area contributed by atoms with E-state index in [9.17, 15) is 24.6 Å². The fraction of sp³-hybridized carbons (Fsp3) is 0.500. The number of hydrogen-bond donors (Lipinski definition) is 2. The van der Waals surface area contributed by atoms with E-state index in [2.05, 4.69) is 21.2 Å². The first-order chi connectivity index (χ1) is 10.9. The number of carboxylic acid groups (broad SMARTS) is 1. The molecule has 0 aliphatic carbocycles. The molecule has 10 heteroatoms. The molecule has 24 heavy (non-hydrogen) atoms. The Morgan fingerprint density at radius 3 is 2.79 bits per heavy atom. The van der Waals surface area contributed by atoms with E-state index in [1.54, 1.807) is 0 Å². The normalized spacial score (nSPS) is 23.6. The van der Waals surface area contributed by atoms with Gasteiger partial charge < -0.3 is 25.2 Å². The van der Waals surface area contributed by atoms with Crippen LogP contribution in [0.15, 0.2) is 22.1 Å². The van der Waals surface area contributed by atoms with Crippen LogP contribution >= 0.6 is 27.7 Å². The largest absolute Gasteiger partial charge is 1.00 e. The topological polar surface area (TPSA) is 110 Å². The molecule has 0 aromatic rings. The third-order valence-electron chi connectivity index (χ3n) is 3.70. The van der Waals surface area contributed by atoms with Crippen molar-refractivity contribution in [2.24, 2.45) is 5.92 Å². The number of halogens is 1. The van der Waals surface area contributed by atoms with Crippen LogP contribution in [-0.2, 0) is 14.4 Å². The Morgan fingerprint density at radius 1 is 1.58 bits per heavy atom. The second-order valence-electron chi connectivity index (χ2n) is 5.21. The van der Waals surface area contributed by atoms with E-state index in [-0.39, 0.29) is 47.2 Å². The Balaban J connectivity index is 0.00000288. The molecule has 1 saturated heterocycles. The zero-order valence-electron chi connectivity index (χ0n) is 13.3. The van der Waals surface area contributed by atoms with Gasteiger partial charge in [0.05, 0.1) is 29.7 Å². The van der Waals surface area contributed by atoms with E-state index < -0.39 is 23.9 Å². The van der Waals surface area contributed by atoms with E-state index in [4.69, 9.17) is 0 Å². The summed E-state index contributed by atoms with van der Waals surface area (Å²) in [5.41, 5.74) is -0.160. The number of nitrogens with one attached hydrogen (secondary N) is 1. The summed E-state index contributed by atoms with van der Waals surface area (Å²) in [6.07, 6.45) is 0.807. The second kappa shape index (κ2) is 9.40. The van der Waals surface area contributed by atoms with Crippen molar-refractivity contribution in [1.82, 2.24) is 10.2 Å². The molecular formula is C14H16BrN2NaO5S. The predicted octanol–water partition coefficient (Wildman–Crippen LogP) is -3.68. The van der Waals surface area contributed by atoms with E-state index in [0.29, 0.717) is 23.2 Å². The van der Waals surface area contributed by atoms with Crippen molar-refractivity contribution in [2.45, 2.75) is 25.5 Å². The summed E-state index contributed by atoms with van der Waals surface area (Å²) in [5, 5.41) is 25.7. The molecule has 2 rings (SSSR count). The van der Waals surface area contributed by atoms with Crippen LogP contribution < -0.4 is 40.0 Å². The molecule has 7 nitrogen and oxygen atoms in total. The molecule has 0 aromatic heterocycles. The average Bonchev–Trinajstić information content (AvgIpc) is 2.79. The minimum absolute atomic E-state index is 0. The second-order valence-corrected chi connectivity index (χ2v) is 7.00. The van der Waals surface area contributed by atoms with Crippen LogP contribution in [0.3, 0.4) is 0 Å². The number of hydrogen-bond acceptors (Lipinski definition) is 6. The maximum absolute atomic E-state index is 12.0. The van der Waals surface area contributed by atoms with Crippen molar-refractivity contribution < 1.29 is 54.2 Å². The molecule has 0 spiro atoms. The number of carbonyl (C=O) groups excluding carboxylic acids is 3. The molecule has 0 saturated carbocycles. The minimum Gasteiger partial charge on any atom is -0.543 e. The summed E-state index contributed by atoms with van der Waals surface area (Å²) < 4.78 is 0. The molecule has 0 bridgehead atoms. The molecule has 3 atom stereocenters. The van der Waals surface area contributed by atoms with Crippen molar-refractivity contribution in [1.29, 1.82) is 0 Å². The molecule has 2 N–H and O–H groups in total. The summed E-state index contributed by atoms with van der Waals surface area (Å²) in [7, 11) is 0. The monoisotopic (exact) mass is 426 g/mol. The number of alkyl halides is 1. The number of nitrogens with zero attached hydrogens (tertiary/aromatic N) is 1. The first kappa shape index (κ1) is 21.7. The van der Waals surface area contributed by atoms with Gasteiger partial charge in [-0.3, -0.25) is 9.59 Å². The molecule has 2 heterocycles. The molecular weight excluding hydrogens is 411 g/mol. The van der Waals surface area contributed by atoms with Gasteiger partial charge in [0.25, 0.3) is 0 Å². The van der Waals surface area contributed by atoms with Gasteiger partial charge >= 0.3 is 29.6 Å². The van der Waals surface area contributed by atoms with Gasteiger partial charge in [-0.15, -0.1) is 11.8 Å². The van der Waals surface area contributed by atoms with Crippen LogP contribution in [0.1, 0.15) is 13.3 Å². The van der Waals surface area contributed by atoms with Crippen LogP contribution in [0, 0.1) is 5.92 Å². The standard InChI is InChI=1S/C14H17BrN2O5S.Na/c1-7(18)11-8-6-9(12(14(21)22)17(8)13(11)20)23-5-2-10(19)16-4-3-15;/h2,5,7-8,11,18H,3-4,6H2,1H3,(H,16,19)(H,21,22);/q;+1/p-1/b5-2+;. The molecule has 126 valence electrons. The summed E-state index contributed by atoms with van der Waals surface area (Å²) in [5.74, 6) is -2.70. The number of carboxylic acids is 1. The van der Waals surface area contributed by atoms with Crippen LogP contribution in [-0.4, -0.2) is 51.8 Å². The van der Waals surface area contributed by atoms with Crippen molar-refractivity contribution in [3.05, 3.63) is 22.1 Å². The Hall–Kier alpha value is -0.320. The third-order valence-corrected chi connectivity index (χ3v) is 5.02. The van der Waals surface area contributed by atoms with Gasteiger partial charge in [-0.25, -0.2) is 0 Å². The van der Waals surface area contributed by atoms with Crippen molar-refractivity contribution in [2.75, 3.05) is 11.9 Å². The number of rotatable bonds is 7. The number of β-lactam (4-membered cyclic amide) rings is 1. The zero-order chi connectivity index (χ0) is 17.1. The van der Waals surface area contributed by atoms with Crippen LogP contribution in [0.4, 0.5) is 0 Å². The van der Waals surface area contributed by atoms with E-state index >= 15 is 0 Å². The van der Waals surface area contributed by atoms with Gasteiger partial charge in [0.1, 0.15) is 0 Å². The number of aliphatic hydroxyl groups is 1. The number of thioether (sulfide) groups is 1. The number of amides is 2. The quantitative estimate of drug-likeness (QED) is 0.188.